The number of piperazine rings is 1. The van der Waals surface area contributed by atoms with Crippen LogP contribution in [0.25, 0.3) is 0 Å². The number of phenols is 1. The molecule has 0 saturated carbocycles. The molecule has 2 aromatic carbocycles. The van der Waals surface area contributed by atoms with Gasteiger partial charge in [-0.1, -0.05) is 62.6 Å². The summed E-state index contributed by atoms with van der Waals surface area (Å²) in [5.74, 6) is 1.06. The molecule has 0 amide bonds. The van der Waals surface area contributed by atoms with Crippen molar-refractivity contribution in [2.75, 3.05) is 26.2 Å². The fourth-order valence-electron chi connectivity index (χ4n) is 3.75. The first-order valence-electron chi connectivity index (χ1n) is 10.2. The van der Waals surface area contributed by atoms with Gasteiger partial charge in [0.15, 0.2) is 0 Å². The monoisotopic (exact) mass is 368 g/mol. The van der Waals surface area contributed by atoms with E-state index in [2.05, 4.69) is 17.1 Å². The summed E-state index contributed by atoms with van der Waals surface area (Å²) in [6.07, 6.45) is 4.73. The highest BCUT2D eigenvalue weighted by atomic mass is 16.5. The van der Waals surface area contributed by atoms with Crippen LogP contribution in [0.5, 0.6) is 11.5 Å². The summed E-state index contributed by atoms with van der Waals surface area (Å²) in [5, 5.41) is 14.1. The molecule has 1 aliphatic rings. The van der Waals surface area contributed by atoms with Gasteiger partial charge in [0, 0.05) is 43.9 Å². The Kier molecular flexibility index (Phi) is 7.55. The van der Waals surface area contributed by atoms with Crippen LogP contribution in [0.3, 0.4) is 0 Å². The van der Waals surface area contributed by atoms with E-state index in [0.717, 1.165) is 43.7 Å². The van der Waals surface area contributed by atoms with E-state index in [0.29, 0.717) is 18.1 Å². The van der Waals surface area contributed by atoms with E-state index in [1.165, 1.54) is 19.3 Å². The van der Waals surface area contributed by atoms with Gasteiger partial charge in [0.1, 0.15) is 18.1 Å². The second kappa shape index (κ2) is 10.3. The van der Waals surface area contributed by atoms with E-state index < -0.39 is 0 Å². The zero-order valence-corrected chi connectivity index (χ0v) is 16.4. The van der Waals surface area contributed by atoms with Gasteiger partial charge in [0.05, 0.1) is 0 Å². The zero-order chi connectivity index (χ0) is 18.9. The van der Waals surface area contributed by atoms with Crippen LogP contribution >= 0.6 is 0 Å². The predicted octanol–water partition coefficient (Wildman–Crippen LogP) is 4.50. The van der Waals surface area contributed by atoms with Crippen LogP contribution in [-0.2, 0) is 6.61 Å². The average molecular weight is 369 g/mol. The summed E-state index contributed by atoms with van der Waals surface area (Å²) in [4.78, 5) is 2.51. The molecule has 0 radical (unpaired) electrons. The molecule has 1 atom stereocenters. The predicted molar refractivity (Wildman–Crippen MR) is 110 cm³/mol. The molecule has 3 rings (SSSR count). The quantitative estimate of drug-likeness (QED) is 0.640. The van der Waals surface area contributed by atoms with Gasteiger partial charge in [-0.2, -0.15) is 0 Å². The number of ether oxygens (including phenoxy) is 1. The second-order valence-electron chi connectivity index (χ2n) is 7.29. The van der Waals surface area contributed by atoms with Gasteiger partial charge in [-0.25, -0.2) is 0 Å². The van der Waals surface area contributed by atoms with Gasteiger partial charge in [-0.3, -0.25) is 4.90 Å². The van der Waals surface area contributed by atoms with Crippen molar-refractivity contribution in [2.45, 2.75) is 45.3 Å². The smallest absolute Gasteiger partial charge is 0.124 e. The van der Waals surface area contributed by atoms with Crippen LogP contribution in [0, 0.1) is 0 Å². The van der Waals surface area contributed by atoms with Crippen LogP contribution in [0.4, 0.5) is 0 Å². The molecule has 0 aromatic heterocycles. The Morgan fingerprint density at radius 1 is 1.07 bits per heavy atom. The standard InChI is InChI=1S/C23H32N2O2/c1-2-3-5-10-22(25-15-13-24-14-16-25)21-12-11-20(17-23(21)26)27-18-19-8-6-4-7-9-19/h4,6-9,11-12,17,22,24,26H,2-3,5,10,13-16,18H2,1H3/t22-/m0/s1. The van der Waals surface area contributed by atoms with Crippen molar-refractivity contribution in [1.29, 1.82) is 0 Å². The summed E-state index contributed by atoms with van der Waals surface area (Å²) in [6.45, 7) is 6.84. The number of hydrogen-bond acceptors (Lipinski definition) is 4. The molecule has 27 heavy (non-hydrogen) atoms. The highest BCUT2D eigenvalue weighted by Crippen LogP contribution is 2.35. The Bertz CT molecular complexity index is 684. The van der Waals surface area contributed by atoms with E-state index in [-0.39, 0.29) is 6.04 Å². The minimum Gasteiger partial charge on any atom is -0.507 e. The number of rotatable bonds is 9. The maximum atomic E-state index is 10.7. The third-order valence-electron chi connectivity index (χ3n) is 5.28. The van der Waals surface area contributed by atoms with Crippen molar-refractivity contribution in [3.05, 3.63) is 59.7 Å². The fraction of sp³-hybridized carbons (Fsp3) is 0.478. The SMILES string of the molecule is CCCCC[C@@H](c1ccc(OCc2ccccc2)cc1O)N1CCNCC1. The molecule has 0 bridgehead atoms. The van der Waals surface area contributed by atoms with Gasteiger partial charge < -0.3 is 15.2 Å². The molecular weight excluding hydrogens is 336 g/mol. The first-order valence-corrected chi connectivity index (χ1v) is 10.2. The third kappa shape index (κ3) is 5.72. The maximum Gasteiger partial charge on any atom is 0.124 e. The summed E-state index contributed by atoms with van der Waals surface area (Å²) in [5.41, 5.74) is 2.15. The summed E-state index contributed by atoms with van der Waals surface area (Å²) in [6, 6.07) is 16.2. The Balaban J connectivity index is 1.69. The molecule has 2 aromatic rings. The van der Waals surface area contributed by atoms with Crippen molar-refractivity contribution in [3.63, 3.8) is 0 Å². The lowest BCUT2D eigenvalue weighted by atomic mass is 9.97. The van der Waals surface area contributed by atoms with E-state index in [1.54, 1.807) is 6.07 Å². The van der Waals surface area contributed by atoms with E-state index in [4.69, 9.17) is 4.74 Å². The summed E-state index contributed by atoms with van der Waals surface area (Å²) in [7, 11) is 0. The molecule has 0 spiro atoms. The van der Waals surface area contributed by atoms with Crippen molar-refractivity contribution in [3.8, 4) is 11.5 Å². The molecular formula is C23H32N2O2. The summed E-state index contributed by atoms with van der Waals surface area (Å²) < 4.78 is 5.87. The normalized spacial score (nSPS) is 16.2. The Labute approximate surface area is 163 Å². The molecule has 1 heterocycles. The maximum absolute atomic E-state index is 10.7. The lowest BCUT2D eigenvalue weighted by Gasteiger charge is -2.35. The van der Waals surface area contributed by atoms with Crippen molar-refractivity contribution >= 4 is 0 Å². The number of phenolic OH excluding ortho intramolecular Hbond substituents is 1. The van der Waals surface area contributed by atoms with Gasteiger partial charge in [-0.05, 0) is 18.1 Å². The van der Waals surface area contributed by atoms with Gasteiger partial charge in [0.25, 0.3) is 0 Å². The zero-order valence-electron chi connectivity index (χ0n) is 16.4. The number of unbranched alkanes of at least 4 members (excludes halogenated alkanes) is 2. The third-order valence-corrected chi connectivity index (χ3v) is 5.28. The van der Waals surface area contributed by atoms with Gasteiger partial charge >= 0.3 is 0 Å². The van der Waals surface area contributed by atoms with Crippen molar-refractivity contribution in [1.82, 2.24) is 10.2 Å². The number of hydrogen-bond donors (Lipinski definition) is 2. The Morgan fingerprint density at radius 3 is 2.56 bits per heavy atom. The lowest BCUT2D eigenvalue weighted by molar-refractivity contribution is 0.160. The number of aromatic hydroxyl groups is 1. The lowest BCUT2D eigenvalue weighted by Crippen LogP contribution is -2.45. The highest BCUT2D eigenvalue weighted by Gasteiger charge is 2.24. The molecule has 1 saturated heterocycles. The summed E-state index contributed by atoms with van der Waals surface area (Å²) >= 11 is 0. The molecule has 4 heteroatoms. The largest absolute Gasteiger partial charge is 0.507 e. The molecule has 0 unspecified atom stereocenters. The van der Waals surface area contributed by atoms with Crippen LogP contribution in [0.2, 0.25) is 0 Å². The van der Waals surface area contributed by atoms with E-state index >= 15 is 0 Å². The van der Waals surface area contributed by atoms with Crippen LogP contribution in [0.15, 0.2) is 48.5 Å². The van der Waals surface area contributed by atoms with E-state index in [9.17, 15) is 5.11 Å². The Morgan fingerprint density at radius 2 is 1.85 bits per heavy atom. The topological polar surface area (TPSA) is 44.7 Å². The minimum atomic E-state index is 0.279. The van der Waals surface area contributed by atoms with Crippen LogP contribution < -0.4 is 10.1 Å². The van der Waals surface area contributed by atoms with Gasteiger partial charge in [0.2, 0.25) is 0 Å². The number of nitrogens with one attached hydrogen (secondary N) is 1. The molecule has 0 aliphatic carbocycles. The number of benzene rings is 2. The fourth-order valence-corrected chi connectivity index (χ4v) is 3.75. The molecule has 146 valence electrons. The first-order chi connectivity index (χ1) is 13.3. The number of nitrogens with zero attached hydrogens (tertiary/aromatic N) is 1. The Hall–Kier alpha value is -2.04. The van der Waals surface area contributed by atoms with Gasteiger partial charge in [-0.15, -0.1) is 0 Å². The van der Waals surface area contributed by atoms with Crippen LogP contribution in [-0.4, -0.2) is 36.2 Å². The molecule has 1 fully saturated rings. The minimum absolute atomic E-state index is 0.279. The molecule has 1 aliphatic heterocycles. The first kappa shape index (κ1) is 19.7. The van der Waals surface area contributed by atoms with E-state index in [1.807, 2.05) is 42.5 Å². The van der Waals surface area contributed by atoms with Crippen LogP contribution in [0.1, 0.15) is 49.8 Å². The molecule has 2 N–H and O–H groups in total. The van der Waals surface area contributed by atoms with Crippen molar-refractivity contribution < 1.29 is 9.84 Å². The second-order valence-corrected chi connectivity index (χ2v) is 7.29. The highest BCUT2D eigenvalue weighted by molar-refractivity contribution is 5.41. The van der Waals surface area contributed by atoms with Crippen molar-refractivity contribution in [2.24, 2.45) is 0 Å². The average Bonchev–Trinajstić information content (AvgIpc) is 2.72. The molecule has 4 nitrogen and oxygen atoms in total.